The van der Waals surface area contributed by atoms with Crippen LogP contribution in [0.25, 0.3) is 0 Å². The van der Waals surface area contributed by atoms with Gasteiger partial charge in [0.2, 0.25) is 10.0 Å². The summed E-state index contributed by atoms with van der Waals surface area (Å²) < 4.78 is 22.8. The third-order valence-corrected chi connectivity index (χ3v) is 6.62. The fraction of sp³-hybridized carbons (Fsp3) is 0.421. The zero-order valence-corrected chi connectivity index (χ0v) is 20.6. The highest BCUT2D eigenvalue weighted by Gasteiger charge is 2.13. The molecule has 0 saturated carbocycles. The number of sulfonamides is 1. The highest BCUT2D eigenvalue weighted by Crippen LogP contribution is 2.22. The van der Waals surface area contributed by atoms with Gasteiger partial charge in [-0.25, -0.2) is 13.6 Å². The number of hydrogen-bond acceptors (Lipinski definition) is 4. The summed E-state index contributed by atoms with van der Waals surface area (Å²) in [5.41, 5.74) is 2.75. The highest BCUT2D eigenvalue weighted by molar-refractivity contribution is 14.0. The van der Waals surface area contributed by atoms with Crippen LogP contribution >= 0.6 is 35.3 Å². The first-order chi connectivity index (χ1) is 12.6. The van der Waals surface area contributed by atoms with Crippen LogP contribution < -0.4 is 15.8 Å². The van der Waals surface area contributed by atoms with Gasteiger partial charge in [-0.3, -0.25) is 4.99 Å². The Morgan fingerprint density at radius 3 is 2.25 bits per heavy atom. The average Bonchev–Trinajstić information content (AvgIpc) is 3.07. The SMILES string of the molecule is CN=C(NCCc1ccc(C(C)(C)C)cc1)NCc1ccc(S(N)(=O)=O)s1.I. The van der Waals surface area contributed by atoms with Crippen LogP contribution in [0, 0.1) is 0 Å². The fourth-order valence-electron chi connectivity index (χ4n) is 2.49. The molecule has 0 aliphatic heterocycles. The minimum atomic E-state index is -3.64. The number of benzene rings is 1. The lowest BCUT2D eigenvalue weighted by molar-refractivity contribution is 0.590. The van der Waals surface area contributed by atoms with Crippen LogP contribution in [0.3, 0.4) is 0 Å². The van der Waals surface area contributed by atoms with Crippen LogP contribution in [0.2, 0.25) is 0 Å². The molecule has 0 unspecified atom stereocenters. The van der Waals surface area contributed by atoms with Crippen LogP contribution in [0.4, 0.5) is 0 Å². The van der Waals surface area contributed by atoms with Crippen LogP contribution in [0.1, 0.15) is 36.8 Å². The molecule has 28 heavy (non-hydrogen) atoms. The number of nitrogens with one attached hydrogen (secondary N) is 2. The lowest BCUT2D eigenvalue weighted by Crippen LogP contribution is -2.37. The molecule has 2 rings (SSSR count). The molecule has 0 bridgehead atoms. The summed E-state index contributed by atoms with van der Waals surface area (Å²) in [5, 5.41) is 11.6. The van der Waals surface area contributed by atoms with Gasteiger partial charge in [-0.1, -0.05) is 45.0 Å². The minimum Gasteiger partial charge on any atom is -0.356 e. The number of primary sulfonamides is 1. The van der Waals surface area contributed by atoms with Gasteiger partial charge in [0.15, 0.2) is 5.96 Å². The standard InChI is InChI=1S/C19H28N4O2S2.HI/c1-19(2,3)15-7-5-14(6-8-15)11-12-22-18(21-4)23-13-16-9-10-17(26-16)27(20,24)25;/h5-10H,11-13H2,1-4H3,(H2,20,24,25)(H2,21,22,23);1H. The third-order valence-electron chi connectivity index (χ3n) is 4.10. The zero-order chi connectivity index (χ0) is 20.1. The Bertz CT molecular complexity index is 885. The molecule has 156 valence electrons. The maximum atomic E-state index is 11.3. The fourth-order valence-corrected chi connectivity index (χ4v) is 4.21. The molecule has 6 nitrogen and oxygen atoms in total. The molecular weight excluding hydrogens is 507 g/mol. The van der Waals surface area contributed by atoms with E-state index in [9.17, 15) is 8.42 Å². The van der Waals surface area contributed by atoms with E-state index in [1.165, 1.54) is 17.2 Å². The monoisotopic (exact) mass is 536 g/mol. The van der Waals surface area contributed by atoms with Crippen molar-refractivity contribution in [1.82, 2.24) is 10.6 Å². The van der Waals surface area contributed by atoms with E-state index in [1.807, 2.05) is 0 Å². The predicted octanol–water partition coefficient (Wildman–Crippen LogP) is 3.22. The largest absolute Gasteiger partial charge is 0.356 e. The van der Waals surface area contributed by atoms with Gasteiger partial charge in [-0.15, -0.1) is 35.3 Å². The molecule has 1 aromatic heterocycles. The van der Waals surface area contributed by atoms with Gasteiger partial charge in [0.1, 0.15) is 4.21 Å². The maximum Gasteiger partial charge on any atom is 0.247 e. The highest BCUT2D eigenvalue weighted by atomic mass is 127. The molecule has 0 radical (unpaired) electrons. The molecule has 0 amide bonds. The number of guanidine groups is 1. The molecule has 0 spiro atoms. The van der Waals surface area contributed by atoms with E-state index in [2.05, 4.69) is 60.7 Å². The van der Waals surface area contributed by atoms with Crippen molar-refractivity contribution in [3.63, 3.8) is 0 Å². The number of thiophene rings is 1. The van der Waals surface area contributed by atoms with Crippen LogP contribution in [0.15, 0.2) is 45.6 Å². The number of halogens is 1. The van der Waals surface area contributed by atoms with E-state index in [0.717, 1.165) is 29.2 Å². The third kappa shape index (κ3) is 7.69. The Kier molecular flexibility index (Phi) is 9.38. The first kappa shape index (κ1) is 24.9. The van der Waals surface area contributed by atoms with Gasteiger partial charge in [0, 0.05) is 18.5 Å². The molecule has 0 saturated heterocycles. The number of rotatable bonds is 6. The minimum absolute atomic E-state index is 0. The molecule has 4 N–H and O–H groups in total. The quantitative estimate of drug-likeness (QED) is 0.300. The summed E-state index contributed by atoms with van der Waals surface area (Å²) >= 11 is 1.16. The van der Waals surface area contributed by atoms with Crippen molar-refractivity contribution >= 4 is 51.3 Å². The zero-order valence-electron chi connectivity index (χ0n) is 16.7. The van der Waals surface area contributed by atoms with Gasteiger partial charge in [0.25, 0.3) is 0 Å². The second-order valence-electron chi connectivity index (χ2n) is 7.32. The summed E-state index contributed by atoms with van der Waals surface area (Å²) in [7, 11) is -1.93. The Labute approximate surface area is 189 Å². The average molecular weight is 537 g/mol. The van der Waals surface area contributed by atoms with Crippen molar-refractivity contribution in [2.75, 3.05) is 13.6 Å². The first-order valence-electron chi connectivity index (χ1n) is 8.75. The van der Waals surface area contributed by atoms with E-state index in [1.54, 1.807) is 13.1 Å². The number of nitrogens with zero attached hydrogens (tertiary/aromatic N) is 1. The van der Waals surface area contributed by atoms with Crippen molar-refractivity contribution in [1.29, 1.82) is 0 Å². The number of hydrogen-bond donors (Lipinski definition) is 3. The van der Waals surface area contributed by atoms with Gasteiger partial charge < -0.3 is 10.6 Å². The van der Waals surface area contributed by atoms with Gasteiger partial charge >= 0.3 is 0 Å². The van der Waals surface area contributed by atoms with E-state index in [-0.39, 0.29) is 33.6 Å². The molecule has 0 atom stereocenters. The molecule has 9 heteroatoms. The lowest BCUT2D eigenvalue weighted by Gasteiger charge is -2.19. The molecule has 2 aromatic rings. The Morgan fingerprint density at radius 1 is 1.11 bits per heavy atom. The summed E-state index contributed by atoms with van der Waals surface area (Å²) in [6.45, 7) is 7.86. The van der Waals surface area contributed by atoms with Crippen molar-refractivity contribution < 1.29 is 8.42 Å². The second-order valence-corrected chi connectivity index (χ2v) is 10.3. The van der Waals surface area contributed by atoms with E-state index in [4.69, 9.17) is 5.14 Å². The second kappa shape index (κ2) is 10.6. The smallest absolute Gasteiger partial charge is 0.247 e. The summed E-state index contributed by atoms with van der Waals surface area (Å²) in [4.78, 5) is 5.07. The Morgan fingerprint density at radius 2 is 1.75 bits per heavy atom. The predicted molar refractivity (Wildman–Crippen MR) is 128 cm³/mol. The van der Waals surface area contributed by atoms with Gasteiger partial charge in [-0.05, 0) is 35.1 Å². The number of aliphatic imine (C=N–C) groups is 1. The van der Waals surface area contributed by atoms with E-state index in [0.29, 0.717) is 12.5 Å². The van der Waals surface area contributed by atoms with Crippen molar-refractivity contribution in [2.45, 2.75) is 43.4 Å². The van der Waals surface area contributed by atoms with Gasteiger partial charge in [0.05, 0.1) is 6.54 Å². The molecule has 0 fully saturated rings. The van der Waals surface area contributed by atoms with Gasteiger partial charge in [-0.2, -0.15) is 0 Å². The number of nitrogens with two attached hydrogens (primary N) is 1. The Hall–Kier alpha value is -1.17. The molecule has 0 aliphatic rings. The first-order valence-corrected chi connectivity index (χ1v) is 11.1. The van der Waals surface area contributed by atoms with Crippen LogP contribution in [0.5, 0.6) is 0 Å². The van der Waals surface area contributed by atoms with E-state index >= 15 is 0 Å². The Balaban J connectivity index is 0.00000392. The topological polar surface area (TPSA) is 96.6 Å². The molecular formula is C19H29IN4O2S2. The van der Waals surface area contributed by atoms with Crippen molar-refractivity contribution in [3.05, 3.63) is 52.4 Å². The normalized spacial score (nSPS) is 12.4. The molecule has 1 heterocycles. The summed E-state index contributed by atoms with van der Waals surface area (Å²) in [6, 6.07) is 12.0. The summed E-state index contributed by atoms with van der Waals surface area (Å²) in [6.07, 6.45) is 0.889. The van der Waals surface area contributed by atoms with Crippen molar-refractivity contribution in [3.8, 4) is 0 Å². The van der Waals surface area contributed by atoms with E-state index < -0.39 is 10.0 Å². The lowest BCUT2D eigenvalue weighted by atomic mass is 9.86. The molecule has 1 aromatic carbocycles. The summed E-state index contributed by atoms with van der Waals surface area (Å²) in [5.74, 6) is 0.673. The van der Waals surface area contributed by atoms with Crippen molar-refractivity contribution in [2.24, 2.45) is 10.1 Å². The van der Waals surface area contributed by atoms with Crippen LogP contribution in [-0.2, 0) is 28.4 Å². The van der Waals surface area contributed by atoms with Crippen LogP contribution in [-0.4, -0.2) is 28.0 Å². The molecule has 0 aliphatic carbocycles. The maximum absolute atomic E-state index is 11.3.